The van der Waals surface area contributed by atoms with Crippen LogP contribution in [0.2, 0.25) is 0 Å². The SMILES string of the molecule is C[C@@H](CCCC(C)(C)C)NC(C)(C)C. The van der Waals surface area contributed by atoms with E-state index in [2.05, 4.69) is 53.8 Å². The van der Waals surface area contributed by atoms with Gasteiger partial charge >= 0.3 is 0 Å². The van der Waals surface area contributed by atoms with Gasteiger partial charge in [-0.15, -0.1) is 0 Å². The van der Waals surface area contributed by atoms with Crippen molar-refractivity contribution in [1.29, 1.82) is 0 Å². The Morgan fingerprint density at radius 1 is 1.00 bits per heavy atom. The third kappa shape index (κ3) is 10.0. The second-order valence-corrected chi connectivity index (χ2v) is 6.75. The smallest absolute Gasteiger partial charge is 0.00989 e. The zero-order chi connectivity index (χ0) is 11.4. The molecule has 1 nitrogen and oxygen atoms in total. The van der Waals surface area contributed by atoms with Crippen LogP contribution in [0.3, 0.4) is 0 Å². The van der Waals surface area contributed by atoms with E-state index in [0.29, 0.717) is 11.5 Å². The lowest BCUT2D eigenvalue weighted by molar-refractivity contribution is 0.318. The quantitative estimate of drug-likeness (QED) is 0.722. The second-order valence-electron chi connectivity index (χ2n) is 6.75. The number of rotatable bonds is 4. The van der Waals surface area contributed by atoms with Crippen molar-refractivity contribution in [3.63, 3.8) is 0 Å². The van der Waals surface area contributed by atoms with Crippen molar-refractivity contribution in [1.82, 2.24) is 5.32 Å². The van der Waals surface area contributed by atoms with Crippen LogP contribution in [0.4, 0.5) is 0 Å². The molecule has 0 saturated carbocycles. The molecule has 1 N–H and O–H groups in total. The third-order valence-corrected chi connectivity index (χ3v) is 2.24. The van der Waals surface area contributed by atoms with E-state index in [1.54, 1.807) is 0 Å². The molecule has 0 aliphatic rings. The summed E-state index contributed by atoms with van der Waals surface area (Å²) in [6.07, 6.45) is 3.94. The van der Waals surface area contributed by atoms with Crippen LogP contribution >= 0.6 is 0 Å². The Balaban J connectivity index is 3.60. The maximum Gasteiger partial charge on any atom is 0.00989 e. The molecule has 14 heavy (non-hydrogen) atoms. The highest BCUT2D eigenvalue weighted by Crippen LogP contribution is 2.22. The Morgan fingerprint density at radius 2 is 1.50 bits per heavy atom. The molecule has 0 unspecified atom stereocenters. The van der Waals surface area contributed by atoms with Gasteiger partial charge in [-0.05, 0) is 46.0 Å². The Bertz CT molecular complexity index is 148. The average Bonchev–Trinajstić information content (AvgIpc) is 1.78. The Kier molecular flexibility index (Phi) is 5.14. The van der Waals surface area contributed by atoms with Crippen LogP contribution in [0, 0.1) is 5.41 Å². The summed E-state index contributed by atoms with van der Waals surface area (Å²) in [5.74, 6) is 0. The number of nitrogens with one attached hydrogen (secondary N) is 1. The minimum atomic E-state index is 0.251. The summed E-state index contributed by atoms with van der Waals surface area (Å²) in [6.45, 7) is 15.9. The van der Waals surface area contributed by atoms with Gasteiger partial charge in [0, 0.05) is 11.6 Å². The molecule has 0 aliphatic carbocycles. The molecule has 0 aromatic carbocycles. The summed E-state index contributed by atoms with van der Waals surface area (Å²) in [5.41, 5.74) is 0.739. The summed E-state index contributed by atoms with van der Waals surface area (Å²) in [5, 5.41) is 3.61. The van der Waals surface area contributed by atoms with E-state index in [1.165, 1.54) is 19.3 Å². The van der Waals surface area contributed by atoms with E-state index in [9.17, 15) is 0 Å². The molecular formula is C13H29N. The fraction of sp³-hybridized carbons (Fsp3) is 1.00. The normalized spacial score (nSPS) is 15.6. The Hall–Kier alpha value is -0.0400. The Labute approximate surface area is 90.7 Å². The zero-order valence-electron chi connectivity index (χ0n) is 11.2. The van der Waals surface area contributed by atoms with Crippen molar-refractivity contribution in [2.75, 3.05) is 0 Å². The summed E-state index contributed by atoms with van der Waals surface area (Å²) < 4.78 is 0. The van der Waals surface area contributed by atoms with Gasteiger partial charge in [0.1, 0.15) is 0 Å². The molecule has 0 heterocycles. The first kappa shape index (κ1) is 14.0. The van der Waals surface area contributed by atoms with E-state index >= 15 is 0 Å². The van der Waals surface area contributed by atoms with Gasteiger partial charge in [-0.3, -0.25) is 0 Å². The predicted molar refractivity (Wildman–Crippen MR) is 65.7 cm³/mol. The fourth-order valence-electron chi connectivity index (χ4n) is 1.75. The van der Waals surface area contributed by atoms with Gasteiger partial charge in [0.05, 0.1) is 0 Å². The molecule has 0 fully saturated rings. The predicted octanol–water partition coefficient (Wildman–Crippen LogP) is 3.98. The summed E-state index contributed by atoms with van der Waals surface area (Å²) in [6, 6.07) is 0.636. The molecule has 0 radical (unpaired) electrons. The summed E-state index contributed by atoms with van der Waals surface area (Å²) in [7, 11) is 0. The second kappa shape index (κ2) is 5.16. The van der Waals surface area contributed by atoms with Crippen molar-refractivity contribution in [3.05, 3.63) is 0 Å². The number of hydrogen-bond acceptors (Lipinski definition) is 1. The third-order valence-electron chi connectivity index (χ3n) is 2.24. The molecule has 0 rings (SSSR count). The summed E-state index contributed by atoms with van der Waals surface area (Å²) >= 11 is 0. The van der Waals surface area contributed by atoms with Gasteiger partial charge in [0.2, 0.25) is 0 Å². The van der Waals surface area contributed by atoms with Gasteiger partial charge in [-0.25, -0.2) is 0 Å². The maximum absolute atomic E-state index is 3.61. The average molecular weight is 199 g/mol. The van der Waals surface area contributed by atoms with Gasteiger partial charge in [-0.1, -0.05) is 27.2 Å². The van der Waals surface area contributed by atoms with E-state index in [0.717, 1.165) is 0 Å². The van der Waals surface area contributed by atoms with Crippen molar-refractivity contribution in [3.8, 4) is 0 Å². The maximum atomic E-state index is 3.61. The molecule has 0 bridgehead atoms. The monoisotopic (exact) mass is 199 g/mol. The highest BCUT2D eigenvalue weighted by atomic mass is 15.0. The van der Waals surface area contributed by atoms with Crippen molar-refractivity contribution in [2.45, 2.75) is 79.3 Å². The van der Waals surface area contributed by atoms with E-state index in [4.69, 9.17) is 0 Å². The van der Waals surface area contributed by atoms with Crippen molar-refractivity contribution in [2.24, 2.45) is 5.41 Å². The van der Waals surface area contributed by atoms with Crippen LogP contribution in [0.1, 0.15) is 67.7 Å². The van der Waals surface area contributed by atoms with Crippen LogP contribution in [-0.4, -0.2) is 11.6 Å². The van der Waals surface area contributed by atoms with E-state index in [1.807, 2.05) is 0 Å². The minimum Gasteiger partial charge on any atom is -0.310 e. The molecule has 0 aliphatic heterocycles. The molecule has 0 spiro atoms. The van der Waals surface area contributed by atoms with Crippen LogP contribution < -0.4 is 5.32 Å². The molecular weight excluding hydrogens is 170 g/mol. The largest absolute Gasteiger partial charge is 0.310 e. The first-order chi connectivity index (χ1) is 6.10. The molecule has 0 amide bonds. The van der Waals surface area contributed by atoms with E-state index < -0.39 is 0 Å². The first-order valence-electron chi connectivity index (χ1n) is 5.88. The first-order valence-corrected chi connectivity index (χ1v) is 5.88. The van der Waals surface area contributed by atoms with Gasteiger partial charge < -0.3 is 5.32 Å². The number of hydrogen-bond donors (Lipinski definition) is 1. The summed E-state index contributed by atoms with van der Waals surface area (Å²) in [4.78, 5) is 0. The molecule has 86 valence electrons. The lowest BCUT2D eigenvalue weighted by atomic mass is 9.89. The fourth-order valence-corrected chi connectivity index (χ4v) is 1.75. The Morgan fingerprint density at radius 3 is 1.86 bits per heavy atom. The van der Waals surface area contributed by atoms with Crippen molar-refractivity contribution >= 4 is 0 Å². The standard InChI is InChI=1S/C13H29N/c1-11(14-13(5,6)7)9-8-10-12(2,3)4/h11,14H,8-10H2,1-7H3/t11-/m0/s1. The highest BCUT2D eigenvalue weighted by molar-refractivity contribution is 4.75. The molecule has 0 aromatic rings. The molecule has 1 atom stereocenters. The van der Waals surface area contributed by atoms with Gasteiger partial charge in [0.25, 0.3) is 0 Å². The van der Waals surface area contributed by atoms with Crippen LogP contribution in [0.15, 0.2) is 0 Å². The molecule has 0 saturated heterocycles. The highest BCUT2D eigenvalue weighted by Gasteiger charge is 2.14. The molecule has 0 aromatic heterocycles. The van der Waals surface area contributed by atoms with Crippen molar-refractivity contribution < 1.29 is 0 Å². The lowest BCUT2D eigenvalue weighted by Gasteiger charge is -2.27. The van der Waals surface area contributed by atoms with Gasteiger partial charge in [-0.2, -0.15) is 0 Å². The van der Waals surface area contributed by atoms with Gasteiger partial charge in [0.15, 0.2) is 0 Å². The molecule has 1 heteroatoms. The van der Waals surface area contributed by atoms with E-state index in [-0.39, 0.29) is 5.54 Å². The van der Waals surface area contributed by atoms with Crippen LogP contribution in [-0.2, 0) is 0 Å². The van der Waals surface area contributed by atoms with Crippen LogP contribution in [0.25, 0.3) is 0 Å². The minimum absolute atomic E-state index is 0.251. The zero-order valence-corrected chi connectivity index (χ0v) is 11.2. The lowest BCUT2D eigenvalue weighted by Crippen LogP contribution is -2.42. The van der Waals surface area contributed by atoms with Crippen LogP contribution in [0.5, 0.6) is 0 Å². The topological polar surface area (TPSA) is 12.0 Å².